The van der Waals surface area contributed by atoms with Crippen LogP contribution < -0.4 is 5.32 Å². The Labute approximate surface area is 114 Å². The maximum absolute atomic E-state index is 11.0. The Balaban J connectivity index is 2.39. The van der Waals surface area contributed by atoms with Gasteiger partial charge in [0.05, 0.1) is 10.5 Å². The maximum atomic E-state index is 11.0. The molecule has 1 heterocycles. The van der Waals surface area contributed by atoms with E-state index in [9.17, 15) is 10.1 Å². The Morgan fingerprint density at radius 1 is 1.58 bits per heavy atom. The van der Waals surface area contributed by atoms with Crippen LogP contribution in [0.3, 0.4) is 0 Å². The molecule has 0 fully saturated rings. The summed E-state index contributed by atoms with van der Waals surface area (Å²) in [6.45, 7) is 3.76. The number of hydrogen-bond donors (Lipinski definition) is 1. The number of nitrogens with zero attached hydrogens (tertiary/aromatic N) is 3. The summed E-state index contributed by atoms with van der Waals surface area (Å²) in [5.41, 5.74) is -0.842. The second kappa shape index (κ2) is 5.19. The van der Waals surface area contributed by atoms with Crippen LogP contribution in [0.1, 0.15) is 6.42 Å². The van der Waals surface area contributed by atoms with Gasteiger partial charge in [-0.05, 0) is 18.0 Å². The third-order valence-electron chi connectivity index (χ3n) is 2.75. The molecule has 0 spiro atoms. The number of allylic oxidation sites excluding steroid dienone is 2. The molecule has 6 nitrogen and oxygen atoms in total. The van der Waals surface area contributed by atoms with Crippen molar-refractivity contribution in [3.63, 3.8) is 0 Å². The molecule has 0 saturated heterocycles. The Hall–Kier alpha value is -2.21. The van der Waals surface area contributed by atoms with E-state index in [0.717, 1.165) is 6.20 Å². The zero-order valence-corrected chi connectivity index (χ0v) is 10.7. The van der Waals surface area contributed by atoms with Crippen LogP contribution in [0.5, 0.6) is 0 Å². The van der Waals surface area contributed by atoms with Gasteiger partial charge in [-0.2, -0.15) is 4.98 Å². The summed E-state index contributed by atoms with van der Waals surface area (Å²) in [6.07, 6.45) is 10.9. The van der Waals surface area contributed by atoms with E-state index < -0.39 is 10.5 Å². The zero-order chi connectivity index (χ0) is 13.9. The fourth-order valence-corrected chi connectivity index (χ4v) is 1.87. The first-order valence-electron chi connectivity index (χ1n) is 5.49. The maximum Gasteiger partial charge on any atom is 0.329 e. The van der Waals surface area contributed by atoms with Crippen LogP contribution in [-0.2, 0) is 0 Å². The summed E-state index contributed by atoms with van der Waals surface area (Å²) < 4.78 is 0. The van der Waals surface area contributed by atoms with Gasteiger partial charge >= 0.3 is 5.69 Å². The quantitative estimate of drug-likeness (QED) is 0.396. The van der Waals surface area contributed by atoms with Gasteiger partial charge in [-0.1, -0.05) is 30.4 Å². The van der Waals surface area contributed by atoms with Gasteiger partial charge in [0.25, 0.3) is 0 Å². The first kappa shape index (κ1) is 13.2. The summed E-state index contributed by atoms with van der Waals surface area (Å²) in [5.74, 6) is 0.0739. The molecule has 2 rings (SSSR count). The lowest BCUT2D eigenvalue weighted by Crippen LogP contribution is -2.34. The van der Waals surface area contributed by atoms with Crippen molar-refractivity contribution >= 4 is 23.1 Å². The van der Waals surface area contributed by atoms with Crippen molar-refractivity contribution in [3.8, 4) is 0 Å². The van der Waals surface area contributed by atoms with Crippen LogP contribution in [0.4, 0.5) is 11.5 Å². The SMILES string of the molecule is C=C[C@@]1(Nc2nc(Cl)ncc2[N+](=O)[O-])C=CC=CC1. The highest BCUT2D eigenvalue weighted by molar-refractivity contribution is 6.28. The van der Waals surface area contributed by atoms with Crippen molar-refractivity contribution < 1.29 is 4.92 Å². The number of nitro groups is 1. The van der Waals surface area contributed by atoms with Crippen molar-refractivity contribution in [2.75, 3.05) is 5.32 Å². The summed E-state index contributed by atoms with van der Waals surface area (Å²) in [6, 6.07) is 0. The molecule has 1 N–H and O–H groups in total. The molecule has 1 atom stereocenters. The second-order valence-corrected chi connectivity index (χ2v) is 4.33. The minimum absolute atomic E-state index is 0.0531. The average Bonchev–Trinajstić information content (AvgIpc) is 2.39. The fourth-order valence-electron chi connectivity index (χ4n) is 1.73. The highest BCUT2D eigenvalue weighted by Gasteiger charge is 2.28. The summed E-state index contributed by atoms with van der Waals surface area (Å²) in [4.78, 5) is 17.9. The van der Waals surface area contributed by atoms with Gasteiger partial charge in [0.15, 0.2) is 0 Å². The Kier molecular flexibility index (Phi) is 3.62. The molecule has 7 heteroatoms. The number of nitrogens with one attached hydrogen (secondary N) is 1. The van der Waals surface area contributed by atoms with E-state index in [1.54, 1.807) is 6.08 Å². The molecule has 1 aromatic rings. The first-order valence-corrected chi connectivity index (χ1v) is 5.87. The summed E-state index contributed by atoms with van der Waals surface area (Å²) in [7, 11) is 0. The van der Waals surface area contributed by atoms with Crippen LogP contribution in [0.25, 0.3) is 0 Å². The van der Waals surface area contributed by atoms with E-state index in [0.29, 0.717) is 6.42 Å². The van der Waals surface area contributed by atoms with Crippen molar-refractivity contribution in [2.45, 2.75) is 12.0 Å². The summed E-state index contributed by atoms with van der Waals surface area (Å²) in [5, 5.41) is 13.9. The Bertz CT molecular complexity index is 585. The monoisotopic (exact) mass is 278 g/mol. The molecule has 98 valence electrons. The average molecular weight is 279 g/mol. The first-order chi connectivity index (χ1) is 9.06. The molecule has 0 unspecified atom stereocenters. The van der Waals surface area contributed by atoms with Gasteiger partial charge in [-0.3, -0.25) is 10.1 Å². The molecule has 0 bridgehead atoms. The molecule has 0 aliphatic heterocycles. The van der Waals surface area contributed by atoms with Gasteiger partial charge in [0, 0.05) is 0 Å². The molecule has 0 radical (unpaired) electrons. The van der Waals surface area contributed by atoms with Gasteiger partial charge in [0.2, 0.25) is 11.1 Å². The lowest BCUT2D eigenvalue weighted by atomic mass is 9.91. The van der Waals surface area contributed by atoms with Crippen LogP contribution in [-0.4, -0.2) is 20.4 Å². The Morgan fingerprint density at radius 2 is 2.37 bits per heavy atom. The van der Waals surface area contributed by atoms with E-state index >= 15 is 0 Å². The molecule has 0 amide bonds. The van der Waals surface area contributed by atoms with E-state index in [2.05, 4.69) is 21.9 Å². The zero-order valence-electron chi connectivity index (χ0n) is 9.91. The molecule has 19 heavy (non-hydrogen) atoms. The third-order valence-corrected chi connectivity index (χ3v) is 2.93. The highest BCUT2D eigenvalue weighted by Crippen LogP contribution is 2.29. The molecular formula is C12H11ClN4O2. The predicted octanol–water partition coefficient (Wildman–Crippen LogP) is 2.89. The number of hydrogen-bond acceptors (Lipinski definition) is 5. The van der Waals surface area contributed by atoms with Crippen molar-refractivity contribution in [2.24, 2.45) is 0 Å². The third kappa shape index (κ3) is 2.79. The highest BCUT2D eigenvalue weighted by atomic mass is 35.5. The number of rotatable bonds is 4. The molecule has 1 aliphatic carbocycles. The van der Waals surface area contributed by atoms with Crippen molar-refractivity contribution in [1.82, 2.24) is 9.97 Å². The predicted molar refractivity (Wildman–Crippen MR) is 73.1 cm³/mol. The van der Waals surface area contributed by atoms with Crippen LogP contribution in [0.15, 0.2) is 43.2 Å². The molecule has 0 saturated carbocycles. The van der Waals surface area contributed by atoms with Crippen molar-refractivity contribution in [3.05, 3.63) is 58.6 Å². The van der Waals surface area contributed by atoms with E-state index in [1.165, 1.54) is 0 Å². The summed E-state index contributed by atoms with van der Waals surface area (Å²) >= 11 is 5.69. The van der Waals surface area contributed by atoms with E-state index in [-0.39, 0.29) is 16.8 Å². The molecule has 1 aromatic heterocycles. The molecule has 1 aliphatic rings. The lowest BCUT2D eigenvalue weighted by molar-refractivity contribution is -0.384. The van der Waals surface area contributed by atoms with Crippen molar-refractivity contribution in [1.29, 1.82) is 0 Å². The fraction of sp³-hybridized carbons (Fsp3) is 0.167. The second-order valence-electron chi connectivity index (χ2n) is 3.99. The number of anilines is 1. The smallest absolute Gasteiger partial charge is 0.329 e. The lowest BCUT2D eigenvalue weighted by Gasteiger charge is -2.29. The Morgan fingerprint density at radius 3 is 2.95 bits per heavy atom. The van der Waals surface area contributed by atoms with Crippen LogP contribution in [0.2, 0.25) is 5.28 Å². The van der Waals surface area contributed by atoms with Crippen LogP contribution in [0, 0.1) is 10.1 Å². The van der Waals surface area contributed by atoms with Gasteiger partial charge < -0.3 is 5.32 Å². The molecular weight excluding hydrogens is 268 g/mol. The van der Waals surface area contributed by atoms with E-state index in [1.807, 2.05) is 24.3 Å². The van der Waals surface area contributed by atoms with Gasteiger partial charge in [-0.25, -0.2) is 4.98 Å². The number of aromatic nitrogens is 2. The van der Waals surface area contributed by atoms with Gasteiger partial charge in [0.1, 0.15) is 6.20 Å². The standard InChI is InChI=1S/C12H11ClN4O2/c1-2-12(6-4-3-5-7-12)16-10-9(17(18)19)8-14-11(13)15-10/h2-6,8H,1,7H2,(H,14,15,16)/t12-/m1/s1. The topological polar surface area (TPSA) is 81.0 Å². The normalized spacial score (nSPS) is 21.1. The minimum Gasteiger partial charge on any atom is -0.351 e. The number of halogens is 1. The van der Waals surface area contributed by atoms with Gasteiger partial charge in [-0.15, -0.1) is 6.58 Å². The minimum atomic E-state index is -0.614. The van der Waals surface area contributed by atoms with E-state index in [4.69, 9.17) is 11.6 Å². The van der Waals surface area contributed by atoms with Crippen LogP contribution >= 0.6 is 11.6 Å². The largest absolute Gasteiger partial charge is 0.351 e. The molecule has 0 aromatic carbocycles.